The molecule has 2 unspecified atom stereocenters. The van der Waals surface area contributed by atoms with E-state index >= 15 is 0 Å². The number of ether oxygens (including phenoxy) is 14. The zero-order chi connectivity index (χ0) is 38.6. The van der Waals surface area contributed by atoms with E-state index in [0.717, 1.165) is 33.2 Å². The van der Waals surface area contributed by atoms with Crippen molar-refractivity contribution in [3.8, 4) is 0 Å². The maximum absolute atomic E-state index is 6.10. The highest BCUT2D eigenvalue weighted by Crippen LogP contribution is 2.24. The van der Waals surface area contributed by atoms with E-state index in [-0.39, 0.29) is 12.2 Å². The summed E-state index contributed by atoms with van der Waals surface area (Å²) in [7, 11) is 0. The summed E-state index contributed by atoms with van der Waals surface area (Å²) in [5.41, 5.74) is 3.17. The Hall–Kier alpha value is -2.52. The minimum atomic E-state index is -0.282. The van der Waals surface area contributed by atoms with Crippen LogP contribution in [0.2, 0.25) is 0 Å². The summed E-state index contributed by atoms with van der Waals surface area (Å²) in [6, 6.07) is 12.1. The van der Waals surface area contributed by atoms with Gasteiger partial charge in [0.25, 0.3) is 0 Å². The minimum absolute atomic E-state index is 0.282. The zero-order valence-corrected chi connectivity index (χ0v) is 32.6. The predicted molar refractivity (Wildman–Crippen MR) is 204 cm³/mol. The fraction of sp³-hybridized carbons (Fsp3) is 0.700. The molecule has 314 valence electrons. The smallest absolute Gasteiger partial charge is 0.104 e. The van der Waals surface area contributed by atoms with Gasteiger partial charge in [-0.2, -0.15) is 0 Å². The van der Waals surface area contributed by atoms with E-state index < -0.39 is 0 Å². The lowest BCUT2D eigenvalue weighted by Crippen LogP contribution is -2.28. The molecule has 0 amide bonds. The lowest BCUT2D eigenvalue weighted by molar-refractivity contribution is -0.0868. The van der Waals surface area contributed by atoms with Crippen LogP contribution in [0.3, 0.4) is 0 Å². The minimum Gasteiger partial charge on any atom is -0.377 e. The Labute approximate surface area is 329 Å². The van der Waals surface area contributed by atoms with Crippen molar-refractivity contribution in [1.29, 1.82) is 0 Å². The first-order valence-corrected chi connectivity index (χ1v) is 19.7. The van der Waals surface area contributed by atoms with Crippen LogP contribution in [0, 0.1) is 0 Å². The van der Waals surface area contributed by atoms with Gasteiger partial charge in [0.2, 0.25) is 0 Å². The molecule has 0 bridgehead atoms. The van der Waals surface area contributed by atoms with Gasteiger partial charge < -0.3 is 66.3 Å². The third kappa shape index (κ3) is 18.4. The number of aromatic nitrogens is 2. The highest BCUT2D eigenvalue weighted by atomic mass is 16.6. The SMILES string of the molecule is c1cc2ccc3ccc(COCC4COCCOCCOCCOCCOCCO4)nc3c2nc1COCC1COCCOCCOCCOCCOCCO1. The number of nitrogens with zero attached hydrogens (tertiary/aromatic N) is 2. The van der Waals surface area contributed by atoms with Crippen molar-refractivity contribution in [3.63, 3.8) is 0 Å². The van der Waals surface area contributed by atoms with Gasteiger partial charge in [-0.05, 0) is 12.1 Å². The van der Waals surface area contributed by atoms with Crippen LogP contribution in [0.15, 0.2) is 36.4 Å². The van der Waals surface area contributed by atoms with Crippen LogP contribution in [-0.2, 0) is 79.5 Å². The highest BCUT2D eigenvalue weighted by Gasteiger charge is 2.14. The maximum atomic E-state index is 6.10. The Bertz CT molecular complexity index is 1310. The molecule has 0 radical (unpaired) electrons. The quantitative estimate of drug-likeness (QED) is 0.307. The lowest BCUT2D eigenvalue weighted by atomic mass is 10.1. The van der Waals surface area contributed by atoms with Gasteiger partial charge in [-0.25, -0.2) is 9.97 Å². The Morgan fingerprint density at radius 2 is 0.661 bits per heavy atom. The molecule has 0 N–H and O–H groups in total. The molecular formula is C40H60N2O14. The summed E-state index contributed by atoms with van der Waals surface area (Å²) in [6.07, 6.45) is -0.564. The van der Waals surface area contributed by atoms with Crippen molar-refractivity contribution >= 4 is 21.8 Å². The third-order valence-electron chi connectivity index (χ3n) is 8.49. The van der Waals surface area contributed by atoms with Crippen LogP contribution in [0.25, 0.3) is 21.8 Å². The molecule has 2 fully saturated rings. The molecule has 2 saturated heterocycles. The number of fused-ring (bicyclic) bond motifs is 3. The number of rotatable bonds is 8. The topological polar surface area (TPSA) is 155 Å². The van der Waals surface area contributed by atoms with Crippen LogP contribution in [0.5, 0.6) is 0 Å². The van der Waals surface area contributed by atoms with Crippen molar-refractivity contribution in [3.05, 3.63) is 47.8 Å². The van der Waals surface area contributed by atoms with Crippen molar-refractivity contribution < 1.29 is 66.3 Å². The second kappa shape index (κ2) is 28.8. The first-order valence-electron chi connectivity index (χ1n) is 19.7. The van der Waals surface area contributed by atoms with E-state index in [2.05, 4.69) is 12.1 Å². The second-order valence-electron chi connectivity index (χ2n) is 12.9. The van der Waals surface area contributed by atoms with E-state index in [4.69, 9.17) is 76.3 Å². The molecular weight excluding hydrogens is 732 g/mol. The molecule has 3 aromatic rings. The molecule has 0 aliphatic carbocycles. The fourth-order valence-corrected chi connectivity index (χ4v) is 5.62. The standard InChI is InChI=1S/C40H60N2O14/c1-2-34-4-6-36(28-54-32-38-30-52-22-20-48-14-12-44-8-10-46-16-18-50-24-26-56-38)42-40(34)39-33(1)3-5-35(41-39)27-53-31-37-29-51-21-19-47-13-11-43-7-9-45-15-17-49-23-25-55-37/h1-6,37-38H,7-32H2. The first-order chi connectivity index (χ1) is 27.8. The van der Waals surface area contributed by atoms with Gasteiger partial charge in [0.15, 0.2) is 0 Å². The first kappa shape index (κ1) is 44.6. The van der Waals surface area contributed by atoms with Gasteiger partial charge in [-0.15, -0.1) is 0 Å². The normalized spacial score (nSPS) is 22.8. The zero-order valence-electron chi connectivity index (χ0n) is 32.6. The van der Waals surface area contributed by atoms with Gasteiger partial charge in [0.1, 0.15) is 12.2 Å². The lowest BCUT2D eigenvalue weighted by Gasteiger charge is -2.19. The predicted octanol–water partition coefficient (Wildman–Crippen LogP) is 2.78. The maximum Gasteiger partial charge on any atom is 0.104 e. The summed E-state index contributed by atoms with van der Waals surface area (Å²) < 4.78 is 80.4. The summed E-state index contributed by atoms with van der Waals surface area (Å²) in [6.45, 7) is 11.6. The molecule has 2 aliphatic rings. The van der Waals surface area contributed by atoms with E-state index in [1.807, 2.05) is 24.3 Å². The molecule has 2 aromatic heterocycles. The molecule has 16 nitrogen and oxygen atoms in total. The average Bonchev–Trinajstić information content (AvgIpc) is 3.21. The van der Waals surface area contributed by atoms with Gasteiger partial charge in [-0.1, -0.05) is 24.3 Å². The molecule has 4 heterocycles. The third-order valence-corrected chi connectivity index (χ3v) is 8.49. The molecule has 0 spiro atoms. The van der Waals surface area contributed by atoms with Crippen LogP contribution in [-0.4, -0.2) is 181 Å². The van der Waals surface area contributed by atoms with E-state index in [9.17, 15) is 0 Å². The summed E-state index contributed by atoms with van der Waals surface area (Å²) in [4.78, 5) is 9.93. The summed E-state index contributed by atoms with van der Waals surface area (Å²) in [5.74, 6) is 0. The number of benzene rings is 1. The van der Waals surface area contributed by atoms with Crippen LogP contribution in [0.4, 0.5) is 0 Å². The molecule has 56 heavy (non-hydrogen) atoms. The van der Waals surface area contributed by atoms with E-state index in [0.29, 0.717) is 172 Å². The number of hydrogen-bond donors (Lipinski definition) is 0. The Kier molecular flexibility index (Phi) is 22.9. The summed E-state index contributed by atoms with van der Waals surface area (Å²) >= 11 is 0. The molecule has 5 rings (SSSR count). The Morgan fingerprint density at radius 1 is 0.375 bits per heavy atom. The molecule has 1 aromatic carbocycles. The average molecular weight is 793 g/mol. The Morgan fingerprint density at radius 3 is 1.00 bits per heavy atom. The van der Waals surface area contributed by atoms with Crippen molar-refractivity contribution in [2.45, 2.75) is 25.4 Å². The fourth-order valence-electron chi connectivity index (χ4n) is 5.62. The van der Waals surface area contributed by atoms with Crippen molar-refractivity contribution in [2.75, 3.05) is 159 Å². The monoisotopic (exact) mass is 792 g/mol. The second-order valence-corrected chi connectivity index (χ2v) is 12.9. The van der Waals surface area contributed by atoms with Crippen LogP contribution >= 0.6 is 0 Å². The van der Waals surface area contributed by atoms with E-state index in [1.54, 1.807) is 0 Å². The largest absolute Gasteiger partial charge is 0.377 e. The number of pyridine rings is 2. The molecule has 16 heteroatoms. The van der Waals surface area contributed by atoms with Gasteiger partial charge in [0, 0.05) is 10.8 Å². The van der Waals surface area contributed by atoms with Crippen LogP contribution < -0.4 is 0 Å². The van der Waals surface area contributed by atoms with Crippen molar-refractivity contribution in [1.82, 2.24) is 9.97 Å². The Balaban J connectivity index is 1.11. The van der Waals surface area contributed by atoms with E-state index in [1.165, 1.54) is 0 Å². The molecule has 0 saturated carbocycles. The molecule has 2 aliphatic heterocycles. The number of hydrogen-bond acceptors (Lipinski definition) is 16. The van der Waals surface area contributed by atoms with Crippen molar-refractivity contribution in [2.24, 2.45) is 0 Å². The van der Waals surface area contributed by atoms with Gasteiger partial charge in [0.05, 0.1) is 194 Å². The summed E-state index contributed by atoms with van der Waals surface area (Å²) in [5, 5.41) is 1.97. The van der Waals surface area contributed by atoms with Gasteiger partial charge in [-0.3, -0.25) is 0 Å². The van der Waals surface area contributed by atoms with Gasteiger partial charge >= 0.3 is 0 Å². The van der Waals surface area contributed by atoms with Crippen LogP contribution in [0.1, 0.15) is 11.4 Å². The molecule has 2 atom stereocenters. The highest BCUT2D eigenvalue weighted by molar-refractivity contribution is 6.02.